The van der Waals surface area contributed by atoms with Gasteiger partial charge in [-0.25, -0.2) is 0 Å². The molecule has 1 aliphatic carbocycles. The molecule has 0 spiro atoms. The first kappa shape index (κ1) is 21.2. The molecule has 170 valence electrons. The van der Waals surface area contributed by atoms with Gasteiger partial charge in [0.05, 0.1) is 11.6 Å². The van der Waals surface area contributed by atoms with Crippen molar-refractivity contribution in [1.82, 2.24) is 14.8 Å². The first-order valence-corrected chi connectivity index (χ1v) is 12.4. The highest BCUT2D eigenvalue weighted by Gasteiger charge is 2.30. The van der Waals surface area contributed by atoms with Crippen LogP contribution in [-0.4, -0.2) is 36.1 Å². The standard InChI is InChI=1S/C30H30N4/c1-32-13-4-14-34-20-27(26-17-21(19-31)9-10-28(26)34)22-11-15-33(16-12-22)29-18-24-7-2-5-23-6-3-8-25(29)30(23)24/h2-3,5-11,17,20,29,32H,4,12-16,18H2,1H3. The second-order valence-electron chi connectivity index (χ2n) is 9.59. The van der Waals surface area contributed by atoms with Crippen LogP contribution in [0, 0.1) is 11.3 Å². The zero-order valence-corrected chi connectivity index (χ0v) is 19.7. The molecule has 2 aliphatic rings. The third-order valence-corrected chi connectivity index (χ3v) is 7.66. The van der Waals surface area contributed by atoms with Crippen LogP contribution in [-0.2, 0) is 13.0 Å². The lowest BCUT2D eigenvalue weighted by Gasteiger charge is -2.32. The lowest BCUT2D eigenvalue weighted by atomic mass is 9.96. The van der Waals surface area contributed by atoms with Crippen molar-refractivity contribution in [3.8, 4) is 6.07 Å². The molecule has 6 rings (SSSR count). The van der Waals surface area contributed by atoms with E-state index < -0.39 is 0 Å². The minimum atomic E-state index is 0.465. The van der Waals surface area contributed by atoms with Crippen molar-refractivity contribution in [2.24, 2.45) is 0 Å². The van der Waals surface area contributed by atoms with Gasteiger partial charge in [-0.3, -0.25) is 4.90 Å². The van der Waals surface area contributed by atoms with Gasteiger partial charge in [-0.2, -0.15) is 5.26 Å². The van der Waals surface area contributed by atoms with Gasteiger partial charge in [0.25, 0.3) is 0 Å². The highest BCUT2D eigenvalue weighted by molar-refractivity contribution is 5.94. The number of hydrogen-bond acceptors (Lipinski definition) is 3. The number of nitrogens with one attached hydrogen (secondary N) is 1. The maximum absolute atomic E-state index is 9.48. The first-order valence-electron chi connectivity index (χ1n) is 12.4. The van der Waals surface area contributed by atoms with E-state index in [9.17, 15) is 5.26 Å². The number of rotatable bonds is 6. The first-order chi connectivity index (χ1) is 16.8. The van der Waals surface area contributed by atoms with Crippen LogP contribution >= 0.6 is 0 Å². The van der Waals surface area contributed by atoms with Crippen LogP contribution in [0.3, 0.4) is 0 Å². The Hall–Kier alpha value is -3.39. The fourth-order valence-electron chi connectivity index (χ4n) is 5.99. The number of hydrogen-bond donors (Lipinski definition) is 1. The molecule has 0 amide bonds. The summed E-state index contributed by atoms with van der Waals surface area (Å²) >= 11 is 0. The van der Waals surface area contributed by atoms with Crippen LogP contribution < -0.4 is 5.32 Å². The van der Waals surface area contributed by atoms with Gasteiger partial charge in [0, 0.05) is 48.3 Å². The Morgan fingerprint density at radius 1 is 1.12 bits per heavy atom. The summed E-state index contributed by atoms with van der Waals surface area (Å²) < 4.78 is 2.37. The summed E-state index contributed by atoms with van der Waals surface area (Å²) in [4.78, 5) is 2.64. The maximum atomic E-state index is 9.48. The second kappa shape index (κ2) is 8.76. The molecule has 0 radical (unpaired) electrons. The molecular weight excluding hydrogens is 416 g/mol. The predicted octanol–water partition coefficient (Wildman–Crippen LogP) is 5.66. The van der Waals surface area contributed by atoms with Crippen LogP contribution in [0.1, 0.15) is 41.1 Å². The predicted molar refractivity (Wildman–Crippen MR) is 140 cm³/mol. The number of benzene rings is 3. The quantitative estimate of drug-likeness (QED) is 0.389. The molecule has 0 bridgehead atoms. The SMILES string of the molecule is CNCCCn1cc(C2=CCN(C3Cc4cccc5cccc3c45)CC2)c2cc(C#N)ccc21. The van der Waals surface area contributed by atoms with Crippen LogP contribution in [0.15, 0.2) is 66.9 Å². The fourth-order valence-corrected chi connectivity index (χ4v) is 5.99. The van der Waals surface area contributed by atoms with Crippen molar-refractivity contribution in [2.75, 3.05) is 26.7 Å². The number of aromatic nitrogens is 1. The number of nitrogens with zero attached hydrogens (tertiary/aromatic N) is 3. The topological polar surface area (TPSA) is 44.0 Å². The van der Waals surface area contributed by atoms with E-state index in [-0.39, 0.29) is 0 Å². The van der Waals surface area contributed by atoms with Crippen LogP contribution in [0.4, 0.5) is 0 Å². The molecule has 1 aromatic heterocycles. The summed E-state index contributed by atoms with van der Waals surface area (Å²) in [5.41, 5.74) is 7.65. The zero-order valence-electron chi connectivity index (χ0n) is 19.7. The third-order valence-electron chi connectivity index (χ3n) is 7.66. The Kier molecular flexibility index (Phi) is 5.45. The molecule has 1 atom stereocenters. The number of aryl methyl sites for hydroxylation is 1. The van der Waals surface area contributed by atoms with Crippen molar-refractivity contribution in [3.05, 3.63) is 89.1 Å². The van der Waals surface area contributed by atoms with Gasteiger partial charge < -0.3 is 9.88 Å². The highest BCUT2D eigenvalue weighted by Crippen LogP contribution is 2.42. The zero-order chi connectivity index (χ0) is 23.1. The Bertz CT molecular complexity index is 1450. The molecule has 34 heavy (non-hydrogen) atoms. The van der Waals surface area contributed by atoms with Crippen molar-refractivity contribution < 1.29 is 0 Å². The minimum absolute atomic E-state index is 0.465. The Balaban J connectivity index is 1.30. The molecule has 4 nitrogen and oxygen atoms in total. The summed E-state index contributed by atoms with van der Waals surface area (Å²) in [6.45, 7) is 4.01. The Morgan fingerprint density at radius 2 is 2.00 bits per heavy atom. The maximum Gasteiger partial charge on any atom is 0.0991 e. The molecule has 1 unspecified atom stereocenters. The number of fused-ring (bicyclic) bond motifs is 1. The average molecular weight is 447 g/mol. The van der Waals surface area contributed by atoms with E-state index in [2.05, 4.69) is 81.7 Å². The highest BCUT2D eigenvalue weighted by atomic mass is 15.2. The lowest BCUT2D eigenvalue weighted by molar-refractivity contribution is 0.222. The third kappa shape index (κ3) is 3.53. The minimum Gasteiger partial charge on any atom is -0.347 e. The smallest absolute Gasteiger partial charge is 0.0991 e. The van der Waals surface area contributed by atoms with Gasteiger partial charge in [-0.05, 0) is 78.5 Å². The van der Waals surface area contributed by atoms with Crippen molar-refractivity contribution in [1.29, 1.82) is 5.26 Å². The molecule has 1 aliphatic heterocycles. The summed E-state index contributed by atoms with van der Waals surface area (Å²) in [5, 5.41) is 16.8. The largest absolute Gasteiger partial charge is 0.347 e. The van der Waals surface area contributed by atoms with E-state index >= 15 is 0 Å². The molecule has 2 heterocycles. The van der Waals surface area contributed by atoms with E-state index in [0.717, 1.165) is 51.0 Å². The molecule has 1 N–H and O–H groups in total. The monoisotopic (exact) mass is 446 g/mol. The van der Waals surface area contributed by atoms with Crippen molar-refractivity contribution in [3.63, 3.8) is 0 Å². The molecular formula is C30H30N4. The fraction of sp³-hybridized carbons (Fsp3) is 0.300. The van der Waals surface area contributed by atoms with E-state index in [0.29, 0.717) is 6.04 Å². The molecule has 0 fully saturated rings. The van der Waals surface area contributed by atoms with Crippen LogP contribution in [0.2, 0.25) is 0 Å². The summed E-state index contributed by atoms with van der Waals surface area (Å²) in [5.74, 6) is 0. The van der Waals surface area contributed by atoms with Crippen LogP contribution in [0.25, 0.3) is 27.2 Å². The van der Waals surface area contributed by atoms with Crippen LogP contribution in [0.5, 0.6) is 0 Å². The van der Waals surface area contributed by atoms with E-state index in [1.807, 2.05) is 13.1 Å². The molecule has 3 aromatic carbocycles. The van der Waals surface area contributed by atoms with Crippen molar-refractivity contribution in [2.45, 2.75) is 31.8 Å². The van der Waals surface area contributed by atoms with Gasteiger partial charge in [-0.1, -0.05) is 42.5 Å². The van der Waals surface area contributed by atoms with Crippen molar-refractivity contribution >= 4 is 27.2 Å². The summed E-state index contributed by atoms with van der Waals surface area (Å²) in [7, 11) is 2.00. The summed E-state index contributed by atoms with van der Waals surface area (Å²) in [6.07, 6.45) is 7.97. The Morgan fingerprint density at radius 3 is 2.79 bits per heavy atom. The van der Waals surface area contributed by atoms with Gasteiger partial charge >= 0.3 is 0 Å². The van der Waals surface area contributed by atoms with E-state index in [4.69, 9.17) is 0 Å². The summed E-state index contributed by atoms with van der Waals surface area (Å²) in [6, 6.07) is 22.4. The normalized spacial score (nSPS) is 17.9. The Labute approximate surface area is 201 Å². The van der Waals surface area contributed by atoms with Gasteiger partial charge in [0.1, 0.15) is 0 Å². The van der Waals surface area contributed by atoms with Gasteiger partial charge in [-0.15, -0.1) is 0 Å². The molecule has 4 heteroatoms. The van der Waals surface area contributed by atoms with E-state index in [1.54, 1.807) is 0 Å². The second-order valence-corrected chi connectivity index (χ2v) is 9.59. The molecule has 4 aromatic rings. The van der Waals surface area contributed by atoms with Gasteiger partial charge in [0.2, 0.25) is 0 Å². The molecule has 0 saturated carbocycles. The number of nitriles is 1. The van der Waals surface area contributed by atoms with E-state index in [1.165, 1.54) is 43.9 Å². The lowest BCUT2D eigenvalue weighted by Crippen LogP contribution is -2.32. The average Bonchev–Trinajstić information content (AvgIpc) is 3.44. The van der Waals surface area contributed by atoms with Gasteiger partial charge in [0.15, 0.2) is 0 Å². The molecule has 0 saturated heterocycles.